The van der Waals surface area contributed by atoms with Gasteiger partial charge in [-0.25, -0.2) is 0 Å². The Labute approximate surface area is 103 Å². The number of ether oxygens (including phenoxy) is 1. The minimum Gasteiger partial charge on any atom is -0.505 e. The predicted octanol–water partition coefficient (Wildman–Crippen LogP) is 1.53. The topological polar surface area (TPSA) is 94.4 Å². The van der Waals surface area contributed by atoms with Gasteiger partial charge in [-0.1, -0.05) is 11.2 Å². The van der Waals surface area contributed by atoms with Crippen molar-refractivity contribution < 1.29 is 14.4 Å². The van der Waals surface area contributed by atoms with Gasteiger partial charge in [0.1, 0.15) is 0 Å². The highest BCUT2D eigenvalue weighted by Crippen LogP contribution is 2.33. The summed E-state index contributed by atoms with van der Waals surface area (Å²) in [5.74, 6) is 1.03. The van der Waals surface area contributed by atoms with Gasteiger partial charge in [0.2, 0.25) is 0 Å². The third-order valence-corrected chi connectivity index (χ3v) is 3.03. The van der Waals surface area contributed by atoms with Gasteiger partial charge in [-0.2, -0.15) is 4.98 Å². The van der Waals surface area contributed by atoms with Crippen LogP contribution in [0.4, 0.5) is 5.69 Å². The molecule has 1 fully saturated rings. The molecule has 6 nitrogen and oxygen atoms in total. The second-order valence-electron chi connectivity index (χ2n) is 4.26. The number of hydrogen-bond acceptors (Lipinski definition) is 6. The molecule has 0 aliphatic carbocycles. The molecule has 0 saturated carbocycles. The van der Waals surface area contributed by atoms with E-state index in [9.17, 15) is 5.11 Å². The number of nitrogens with zero attached hydrogens (tertiary/aromatic N) is 2. The van der Waals surface area contributed by atoms with Gasteiger partial charge in [0, 0.05) is 12.5 Å². The van der Waals surface area contributed by atoms with Gasteiger partial charge in [0.15, 0.2) is 11.6 Å². The lowest BCUT2D eigenvalue weighted by Crippen LogP contribution is -1.99. The van der Waals surface area contributed by atoms with E-state index in [2.05, 4.69) is 10.1 Å². The van der Waals surface area contributed by atoms with E-state index in [0.29, 0.717) is 18.0 Å². The number of hydrogen-bond donors (Lipinski definition) is 2. The monoisotopic (exact) mass is 247 g/mol. The van der Waals surface area contributed by atoms with E-state index in [0.717, 1.165) is 13.0 Å². The van der Waals surface area contributed by atoms with Crippen LogP contribution in [0.1, 0.15) is 18.2 Å². The first kappa shape index (κ1) is 11.0. The maximum absolute atomic E-state index is 9.85. The molecule has 1 atom stereocenters. The van der Waals surface area contributed by atoms with Crippen molar-refractivity contribution in [2.75, 3.05) is 18.9 Å². The number of nitrogens with two attached hydrogens (primary N) is 1. The van der Waals surface area contributed by atoms with E-state index in [1.165, 1.54) is 0 Å². The molecule has 1 saturated heterocycles. The summed E-state index contributed by atoms with van der Waals surface area (Å²) in [6, 6.07) is 5.03. The number of aromatic nitrogens is 2. The van der Waals surface area contributed by atoms with Gasteiger partial charge < -0.3 is 20.1 Å². The molecule has 18 heavy (non-hydrogen) atoms. The highest BCUT2D eigenvalue weighted by molar-refractivity contribution is 5.71. The summed E-state index contributed by atoms with van der Waals surface area (Å²) < 4.78 is 10.4. The molecular weight excluding hydrogens is 234 g/mol. The highest BCUT2D eigenvalue weighted by Gasteiger charge is 2.24. The summed E-state index contributed by atoms with van der Waals surface area (Å²) in [7, 11) is 0. The van der Waals surface area contributed by atoms with Crippen LogP contribution < -0.4 is 5.73 Å². The molecule has 3 rings (SSSR count). The van der Waals surface area contributed by atoms with Crippen LogP contribution in [0.3, 0.4) is 0 Å². The molecule has 2 aromatic rings. The molecule has 0 bridgehead atoms. The van der Waals surface area contributed by atoms with Gasteiger partial charge in [-0.05, 0) is 18.6 Å². The summed E-state index contributed by atoms with van der Waals surface area (Å²) in [6.45, 7) is 1.33. The van der Waals surface area contributed by atoms with Crippen molar-refractivity contribution in [1.82, 2.24) is 10.1 Å². The maximum Gasteiger partial charge on any atom is 0.261 e. The Hall–Kier alpha value is -2.08. The number of phenolic OH excluding ortho intramolecular Hbond substituents is 1. The van der Waals surface area contributed by atoms with Crippen molar-refractivity contribution >= 4 is 5.69 Å². The third-order valence-electron chi connectivity index (χ3n) is 3.03. The molecule has 1 aromatic carbocycles. The van der Waals surface area contributed by atoms with Crippen molar-refractivity contribution in [1.29, 1.82) is 0 Å². The minimum absolute atomic E-state index is 0.0321. The fourth-order valence-electron chi connectivity index (χ4n) is 1.98. The molecule has 0 amide bonds. The summed E-state index contributed by atoms with van der Waals surface area (Å²) in [6.07, 6.45) is 0.891. The zero-order valence-electron chi connectivity index (χ0n) is 9.67. The Morgan fingerprint density at radius 1 is 1.39 bits per heavy atom. The number of para-hydroxylation sites is 1. The number of aromatic hydroxyl groups is 1. The van der Waals surface area contributed by atoms with Gasteiger partial charge in [0.05, 0.1) is 17.9 Å². The zero-order chi connectivity index (χ0) is 12.5. The quantitative estimate of drug-likeness (QED) is 0.617. The number of nitrogen functional groups attached to an aromatic ring is 1. The first-order valence-electron chi connectivity index (χ1n) is 5.75. The van der Waals surface area contributed by atoms with Gasteiger partial charge >= 0.3 is 0 Å². The number of benzene rings is 1. The Bertz CT molecular complexity index is 561. The van der Waals surface area contributed by atoms with Gasteiger partial charge in [0.25, 0.3) is 5.89 Å². The lowest BCUT2D eigenvalue weighted by molar-refractivity contribution is 0.192. The summed E-state index contributed by atoms with van der Waals surface area (Å²) in [5, 5.41) is 13.8. The van der Waals surface area contributed by atoms with Gasteiger partial charge in [-0.3, -0.25) is 0 Å². The molecule has 1 unspecified atom stereocenters. The maximum atomic E-state index is 9.85. The van der Waals surface area contributed by atoms with E-state index in [1.54, 1.807) is 18.2 Å². The molecule has 2 heterocycles. The Kier molecular flexibility index (Phi) is 2.64. The number of anilines is 1. The molecule has 1 aromatic heterocycles. The lowest BCUT2D eigenvalue weighted by Gasteiger charge is -2.01. The fraction of sp³-hybridized carbons (Fsp3) is 0.333. The predicted molar refractivity (Wildman–Crippen MR) is 64.0 cm³/mol. The van der Waals surface area contributed by atoms with Crippen molar-refractivity contribution in [2.24, 2.45) is 0 Å². The lowest BCUT2D eigenvalue weighted by atomic mass is 10.1. The van der Waals surface area contributed by atoms with Crippen LogP contribution in [0.5, 0.6) is 5.75 Å². The van der Waals surface area contributed by atoms with Crippen LogP contribution in [0.15, 0.2) is 22.7 Å². The van der Waals surface area contributed by atoms with Crippen LogP contribution >= 0.6 is 0 Å². The second kappa shape index (κ2) is 4.30. The standard InChI is InChI=1S/C12H13N3O3/c13-9-3-1-2-8(10(9)16)12-14-11(15-18-12)7-4-5-17-6-7/h1-3,7,16H,4-6,13H2. The molecule has 1 aliphatic rings. The van der Waals surface area contributed by atoms with Crippen molar-refractivity contribution in [3.05, 3.63) is 24.0 Å². The van der Waals surface area contributed by atoms with Crippen molar-refractivity contribution in [2.45, 2.75) is 12.3 Å². The van der Waals surface area contributed by atoms with Crippen LogP contribution in [0.2, 0.25) is 0 Å². The van der Waals surface area contributed by atoms with E-state index in [4.69, 9.17) is 15.0 Å². The SMILES string of the molecule is Nc1cccc(-c2nc(C3CCOC3)no2)c1O. The van der Waals surface area contributed by atoms with Gasteiger partial charge in [-0.15, -0.1) is 0 Å². The molecule has 0 radical (unpaired) electrons. The first-order chi connectivity index (χ1) is 8.75. The summed E-state index contributed by atoms with van der Waals surface area (Å²) in [4.78, 5) is 4.29. The zero-order valence-corrected chi connectivity index (χ0v) is 9.67. The van der Waals surface area contributed by atoms with Crippen LogP contribution in [-0.4, -0.2) is 28.5 Å². The molecule has 94 valence electrons. The van der Waals surface area contributed by atoms with E-state index >= 15 is 0 Å². The largest absolute Gasteiger partial charge is 0.505 e. The molecule has 0 spiro atoms. The third kappa shape index (κ3) is 1.80. The van der Waals surface area contributed by atoms with E-state index in [1.807, 2.05) is 0 Å². The fourth-order valence-corrected chi connectivity index (χ4v) is 1.98. The minimum atomic E-state index is -0.0321. The average molecular weight is 247 g/mol. The van der Waals surface area contributed by atoms with Crippen molar-refractivity contribution in [3.63, 3.8) is 0 Å². The highest BCUT2D eigenvalue weighted by atomic mass is 16.5. The van der Waals surface area contributed by atoms with Crippen molar-refractivity contribution in [3.8, 4) is 17.2 Å². The normalized spacial score (nSPS) is 19.2. The Morgan fingerprint density at radius 2 is 2.28 bits per heavy atom. The van der Waals surface area contributed by atoms with Crippen LogP contribution in [0.25, 0.3) is 11.5 Å². The Morgan fingerprint density at radius 3 is 3.06 bits per heavy atom. The van der Waals surface area contributed by atoms with Crippen LogP contribution in [-0.2, 0) is 4.74 Å². The number of rotatable bonds is 2. The van der Waals surface area contributed by atoms with E-state index in [-0.39, 0.29) is 23.2 Å². The molecule has 6 heteroatoms. The van der Waals surface area contributed by atoms with Crippen LogP contribution in [0, 0.1) is 0 Å². The number of phenols is 1. The Balaban J connectivity index is 1.95. The summed E-state index contributed by atoms with van der Waals surface area (Å²) in [5.41, 5.74) is 6.37. The molecule has 3 N–H and O–H groups in total. The molecular formula is C12H13N3O3. The smallest absolute Gasteiger partial charge is 0.261 e. The second-order valence-corrected chi connectivity index (χ2v) is 4.26. The van der Waals surface area contributed by atoms with E-state index < -0.39 is 0 Å². The average Bonchev–Trinajstić information content (AvgIpc) is 3.01. The first-order valence-corrected chi connectivity index (χ1v) is 5.75. The molecule has 1 aliphatic heterocycles. The summed E-state index contributed by atoms with van der Waals surface area (Å²) >= 11 is 0.